The van der Waals surface area contributed by atoms with Gasteiger partial charge in [0.1, 0.15) is 0 Å². The molecule has 0 saturated carbocycles. The van der Waals surface area contributed by atoms with E-state index >= 15 is 0 Å². The average molecular weight is 423 g/mol. The van der Waals surface area contributed by atoms with Crippen LogP contribution in [0.3, 0.4) is 0 Å². The van der Waals surface area contributed by atoms with Gasteiger partial charge in [-0.2, -0.15) is 4.31 Å². The number of para-hydroxylation sites is 1. The lowest BCUT2D eigenvalue weighted by atomic mass is 10.2. The molecule has 0 radical (unpaired) electrons. The third-order valence-corrected chi connectivity index (χ3v) is 6.22. The Hall–Kier alpha value is -1.79. The molecule has 12 heteroatoms. The number of nitrogens with zero attached hydrogens (tertiary/aromatic N) is 3. The van der Waals surface area contributed by atoms with Gasteiger partial charge in [0.15, 0.2) is 4.90 Å². The maximum Gasteiger partial charge on any atom is 0.289 e. The minimum atomic E-state index is -4.01. The van der Waals surface area contributed by atoms with Crippen LogP contribution < -0.4 is 5.73 Å². The molecule has 2 N–H and O–H groups in total. The number of halogens is 1. The van der Waals surface area contributed by atoms with Crippen molar-refractivity contribution in [2.75, 3.05) is 39.8 Å². The highest BCUT2D eigenvalue weighted by molar-refractivity contribution is 7.89. The SMILES string of the molecule is COC(CN)CC(=O)N1CCN(S(=O)(=O)c2ccccc2[N+](=O)[O-])CC1.Cl. The van der Waals surface area contributed by atoms with E-state index in [-0.39, 0.29) is 68.5 Å². The molecule has 1 aliphatic heterocycles. The molecule has 27 heavy (non-hydrogen) atoms. The lowest BCUT2D eigenvalue weighted by Crippen LogP contribution is -2.51. The molecule has 1 aliphatic rings. The predicted molar refractivity (Wildman–Crippen MR) is 100 cm³/mol. The van der Waals surface area contributed by atoms with Gasteiger partial charge in [0.05, 0.1) is 17.4 Å². The first-order valence-electron chi connectivity index (χ1n) is 8.05. The molecule has 10 nitrogen and oxygen atoms in total. The summed E-state index contributed by atoms with van der Waals surface area (Å²) < 4.78 is 31.7. The number of methoxy groups -OCH3 is 1. The van der Waals surface area contributed by atoms with Crippen molar-refractivity contribution in [3.05, 3.63) is 34.4 Å². The van der Waals surface area contributed by atoms with Crippen LogP contribution in [0.1, 0.15) is 6.42 Å². The quantitative estimate of drug-likeness (QED) is 0.490. The zero-order chi connectivity index (χ0) is 19.3. The molecule has 152 valence electrons. The largest absolute Gasteiger partial charge is 0.380 e. The fourth-order valence-electron chi connectivity index (χ4n) is 2.73. The number of hydrogen-bond acceptors (Lipinski definition) is 7. The number of ether oxygens (including phenoxy) is 1. The van der Waals surface area contributed by atoms with Gasteiger partial charge in [-0.3, -0.25) is 14.9 Å². The molecule has 0 bridgehead atoms. The summed E-state index contributed by atoms with van der Waals surface area (Å²) in [6.07, 6.45) is -0.250. The van der Waals surface area contributed by atoms with Crippen molar-refractivity contribution in [2.45, 2.75) is 17.4 Å². The van der Waals surface area contributed by atoms with Crippen molar-refractivity contribution in [3.8, 4) is 0 Å². The monoisotopic (exact) mass is 422 g/mol. The number of piperazine rings is 1. The fraction of sp³-hybridized carbons (Fsp3) is 0.533. The van der Waals surface area contributed by atoms with Gasteiger partial charge in [0, 0.05) is 45.9 Å². The summed E-state index contributed by atoms with van der Waals surface area (Å²) in [5.74, 6) is -0.162. The van der Waals surface area contributed by atoms with Gasteiger partial charge in [0.25, 0.3) is 5.69 Å². The normalized spacial score (nSPS) is 16.4. The van der Waals surface area contributed by atoms with E-state index in [0.29, 0.717) is 0 Å². The number of hydrogen-bond donors (Lipinski definition) is 1. The maximum absolute atomic E-state index is 12.7. The van der Waals surface area contributed by atoms with E-state index in [0.717, 1.165) is 10.4 Å². The Balaban J connectivity index is 0.00000364. The Bertz CT molecular complexity index is 763. The van der Waals surface area contributed by atoms with Crippen LogP contribution in [0.25, 0.3) is 0 Å². The number of sulfonamides is 1. The second kappa shape index (κ2) is 9.95. The highest BCUT2D eigenvalue weighted by atomic mass is 35.5. The van der Waals surface area contributed by atoms with Crippen molar-refractivity contribution >= 4 is 34.0 Å². The van der Waals surface area contributed by atoms with Crippen molar-refractivity contribution in [1.29, 1.82) is 0 Å². The third kappa shape index (κ3) is 5.36. The molecule has 2 rings (SSSR count). The van der Waals surface area contributed by atoms with E-state index in [2.05, 4.69) is 0 Å². The summed E-state index contributed by atoms with van der Waals surface area (Å²) in [5, 5.41) is 11.1. The Morgan fingerprint density at radius 2 is 1.89 bits per heavy atom. The molecular weight excluding hydrogens is 400 g/mol. The standard InChI is InChI=1S/C15H22N4O6S.ClH/c1-25-12(11-16)10-15(20)17-6-8-18(9-7-17)26(23,24)14-5-3-2-4-13(14)19(21)22;/h2-5,12H,6-11,16H2,1H3;1H. The highest BCUT2D eigenvalue weighted by Crippen LogP contribution is 2.27. The first kappa shape index (κ1) is 23.2. The predicted octanol–water partition coefficient (Wildman–Crippen LogP) is 0.213. The summed E-state index contributed by atoms with van der Waals surface area (Å²) >= 11 is 0. The van der Waals surface area contributed by atoms with Crippen LogP contribution in [-0.4, -0.2) is 74.4 Å². The number of carbonyl (C=O) groups is 1. The summed E-state index contributed by atoms with van der Waals surface area (Å²) in [6, 6.07) is 5.23. The molecule has 1 amide bonds. The smallest absolute Gasteiger partial charge is 0.289 e. The van der Waals surface area contributed by atoms with Crippen LogP contribution in [0.5, 0.6) is 0 Å². The lowest BCUT2D eigenvalue weighted by Gasteiger charge is -2.34. The zero-order valence-electron chi connectivity index (χ0n) is 14.8. The summed E-state index contributed by atoms with van der Waals surface area (Å²) in [6.45, 7) is 0.772. The molecule has 1 fully saturated rings. The minimum absolute atomic E-state index is 0. The van der Waals surface area contributed by atoms with E-state index in [1.165, 1.54) is 25.3 Å². The minimum Gasteiger partial charge on any atom is -0.380 e. The number of nitrogens with two attached hydrogens (primary N) is 1. The molecule has 0 aromatic heterocycles. The van der Waals surface area contributed by atoms with E-state index in [4.69, 9.17) is 10.5 Å². The van der Waals surface area contributed by atoms with E-state index in [1.54, 1.807) is 4.90 Å². The lowest BCUT2D eigenvalue weighted by molar-refractivity contribution is -0.387. The summed E-state index contributed by atoms with van der Waals surface area (Å²) in [5.41, 5.74) is 5.04. The van der Waals surface area contributed by atoms with Gasteiger partial charge in [-0.05, 0) is 6.07 Å². The number of benzene rings is 1. The second-order valence-electron chi connectivity index (χ2n) is 5.81. The average Bonchev–Trinajstić information content (AvgIpc) is 2.65. The Labute approximate surface area is 163 Å². The van der Waals surface area contributed by atoms with E-state index < -0.39 is 20.6 Å². The first-order valence-corrected chi connectivity index (χ1v) is 9.49. The number of nitro groups is 1. The number of rotatable bonds is 7. The molecule has 1 saturated heterocycles. The van der Waals surface area contributed by atoms with Gasteiger partial charge in [-0.15, -0.1) is 12.4 Å². The summed E-state index contributed by atoms with van der Waals surface area (Å²) in [7, 11) is -2.54. The second-order valence-corrected chi connectivity index (χ2v) is 7.71. The molecule has 0 aliphatic carbocycles. The fourth-order valence-corrected chi connectivity index (χ4v) is 4.31. The summed E-state index contributed by atoms with van der Waals surface area (Å²) in [4.78, 5) is 23.8. The molecule has 0 spiro atoms. The molecule has 1 aromatic carbocycles. The van der Waals surface area contributed by atoms with E-state index in [9.17, 15) is 23.3 Å². The van der Waals surface area contributed by atoms with Crippen LogP contribution in [0.2, 0.25) is 0 Å². The van der Waals surface area contributed by atoms with Gasteiger partial charge < -0.3 is 15.4 Å². The Kier molecular flexibility index (Phi) is 8.57. The van der Waals surface area contributed by atoms with Gasteiger partial charge in [0.2, 0.25) is 15.9 Å². The molecule has 1 aromatic rings. The maximum atomic E-state index is 12.7. The number of carbonyl (C=O) groups excluding carboxylic acids is 1. The van der Waals surface area contributed by atoms with Crippen molar-refractivity contribution in [1.82, 2.24) is 9.21 Å². The number of amides is 1. The molecule has 1 heterocycles. The molecular formula is C15H23ClN4O6S. The van der Waals surface area contributed by atoms with Crippen LogP contribution in [0.4, 0.5) is 5.69 Å². The van der Waals surface area contributed by atoms with Crippen molar-refractivity contribution in [2.24, 2.45) is 5.73 Å². The number of nitro benzene ring substituents is 1. The Morgan fingerprint density at radius 3 is 2.41 bits per heavy atom. The topological polar surface area (TPSA) is 136 Å². The van der Waals surface area contributed by atoms with Gasteiger partial charge in [-0.25, -0.2) is 8.42 Å². The highest BCUT2D eigenvalue weighted by Gasteiger charge is 2.34. The first-order chi connectivity index (χ1) is 12.3. The van der Waals surface area contributed by atoms with Crippen molar-refractivity contribution < 1.29 is 22.9 Å². The van der Waals surface area contributed by atoms with Crippen LogP contribution in [-0.2, 0) is 19.6 Å². The van der Waals surface area contributed by atoms with Gasteiger partial charge in [-0.1, -0.05) is 12.1 Å². The van der Waals surface area contributed by atoms with Crippen molar-refractivity contribution in [3.63, 3.8) is 0 Å². The van der Waals surface area contributed by atoms with Crippen LogP contribution in [0.15, 0.2) is 29.2 Å². The van der Waals surface area contributed by atoms with E-state index in [1.807, 2.05) is 0 Å². The van der Waals surface area contributed by atoms with Crippen LogP contribution >= 0.6 is 12.4 Å². The zero-order valence-corrected chi connectivity index (χ0v) is 16.4. The van der Waals surface area contributed by atoms with Crippen LogP contribution in [0, 0.1) is 10.1 Å². The third-order valence-electron chi connectivity index (χ3n) is 4.27. The molecule has 1 atom stereocenters. The molecule has 1 unspecified atom stereocenters. The Morgan fingerprint density at radius 1 is 1.30 bits per heavy atom. The van der Waals surface area contributed by atoms with Gasteiger partial charge >= 0.3 is 0 Å².